The van der Waals surface area contributed by atoms with E-state index in [1.165, 1.54) is 19.7 Å². The lowest BCUT2D eigenvalue weighted by Gasteiger charge is -2.32. The molecule has 1 atom stereocenters. The third-order valence-electron chi connectivity index (χ3n) is 6.05. The summed E-state index contributed by atoms with van der Waals surface area (Å²) in [6, 6.07) is 15.5. The largest absolute Gasteiger partial charge is 0.490 e. The Labute approximate surface area is 184 Å². The van der Waals surface area contributed by atoms with E-state index in [9.17, 15) is 13.2 Å². The highest BCUT2D eigenvalue weighted by Gasteiger charge is 2.30. The molecule has 7 nitrogen and oxygen atoms in total. The maximum Gasteiger partial charge on any atom is 0.281 e. The van der Waals surface area contributed by atoms with Crippen molar-refractivity contribution in [2.75, 3.05) is 27.2 Å². The standard InChI is InChI=1S/C23H29N3O4S/c1-25(2)31(28,29)26-15-13-20(14-16-26)30-19-10-7-18(8-11-19)23(27)24-22-12-9-17-5-3-4-6-21(17)22/h3-8,10-11,20,22H,9,12-16H2,1-2H3,(H,24,27). The summed E-state index contributed by atoms with van der Waals surface area (Å²) in [5.74, 6) is 0.604. The molecule has 2 aliphatic rings. The minimum atomic E-state index is -3.37. The van der Waals surface area contributed by atoms with Crippen LogP contribution >= 0.6 is 0 Å². The molecule has 1 N–H and O–H groups in total. The van der Waals surface area contributed by atoms with Gasteiger partial charge in [-0.05, 0) is 61.1 Å². The first-order valence-corrected chi connectivity index (χ1v) is 12.1. The highest BCUT2D eigenvalue weighted by molar-refractivity contribution is 7.86. The van der Waals surface area contributed by atoms with Crippen LogP contribution in [0, 0.1) is 0 Å². The summed E-state index contributed by atoms with van der Waals surface area (Å²) in [6.45, 7) is 0.878. The summed E-state index contributed by atoms with van der Waals surface area (Å²) in [5.41, 5.74) is 3.11. The lowest BCUT2D eigenvalue weighted by molar-refractivity contribution is 0.0936. The van der Waals surface area contributed by atoms with Gasteiger partial charge in [0.15, 0.2) is 0 Å². The molecule has 0 bridgehead atoms. The zero-order valence-electron chi connectivity index (χ0n) is 18.0. The van der Waals surface area contributed by atoms with Gasteiger partial charge in [-0.2, -0.15) is 17.0 Å². The van der Waals surface area contributed by atoms with Crippen molar-refractivity contribution < 1.29 is 17.9 Å². The molecule has 0 spiro atoms. The average molecular weight is 444 g/mol. The predicted molar refractivity (Wildman–Crippen MR) is 119 cm³/mol. The fourth-order valence-corrected chi connectivity index (χ4v) is 5.37. The number of ether oxygens (including phenoxy) is 1. The lowest BCUT2D eigenvalue weighted by atomic mass is 10.1. The summed E-state index contributed by atoms with van der Waals surface area (Å²) in [5, 5.41) is 3.13. The van der Waals surface area contributed by atoms with Crippen LogP contribution in [0.5, 0.6) is 5.75 Å². The topological polar surface area (TPSA) is 79.0 Å². The number of amides is 1. The van der Waals surface area contributed by atoms with Crippen molar-refractivity contribution in [3.05, 3.63) is 65.2 Å². The highest BCUT2D eigenvalue weighted by atomic mass is 32.2. The van der Waals surface area contributed by atoms with Gasteiger partial charge in [0, 0.05) is 32.7 Å². The second-order valence-corrected chi connectivity index (χ2v) is 10.4. The van der Waals surface area contributed by atoms with Crippen molar-refractivity contribution in [3.63, 3.8) is 0 Å². The van der Waals surface area contributed by atoms with Gasteiger partial charge in [0.25, 0.3) is 16.1 Å². The van der Waals surface area contributed by atoms with E-state index in [2.05, 4.69) is 17.4 Å². The van der Waals surface area contributed by atoms with Crippen LogP contribution in [-0.4, -0.2) is 56.2 Å². The third kappa shape index (κ3) is 4.76. The maximum atomic E-state index is 12.7. The smallest absolute Gasteiger partial charge is 0.281 e. The van der Waals surface area contributed by atoms with Crippen molar-refractivity contribution in [2.45, 2.75) is 37.8 Å². The summed E-state index contributed by atoms with van der Waals surface area (Å²) in [7, 11) is -0.288. The van der Waals surface area contributed by atoms with Gasteiger partial charge < -0.3 is 10.1 Å². The van der Waals surface area contributed by atoms with Gasteiger partial charge in [-0.3, -0.25) is 4.79 Å². The molecule has 1 aliphatic heterocycles. The molecule has 1 unspecified atom stereocenters. The Kier molecular flexibility index (Phi) is 6.31. The number of hydrogen-bond donors (Lipinski definition) is 1. The minimum Gasteiger partial charge on any atom is -0.490 e. The molecule has 0 radical (unpaired) electrons. The molecule has 31 heavy (non-hydrogen) atoms. The molecule has 8 heteroatoms. The molecule has 0 saturated carbocycles. The lowest BCUT2D eigenvalue weighted by Crippen LogP contribution is -2.46. The molecule has 166 valence electrons. The first-order chi connectivity index (χ1) is 14.8. The summed E-state index contributed by atoms with van der Waals surface area (Å²) in [6.07, 6.45) is 3.15. The van der Waals surface area contributed by atoms with Crippen LogP contribution < -0.4 is 10.1 Å². The fourth-order valence-electron chi connectivity index (χ4n) is 4.24. The number of piperidine rings is 1. The zero-order chi connectivity index (χ0) is 22.0. The Hall–Kier alpha value is -2.42. The Morgan fingerprint density at radius 1 is 1.03 bits per heavy atom. The SMILES string of the molecule is CN(C)S(=O)(=O)N1CCC(Oc2ccc(C(=O)NC3CCc4ccccc43)cc2)CC1. The number of aryl methyl sites for hydroxylation is 1. The van der Waals surface area contributed by atoms with Crippen LogP contribution in [0.15, 0.2) is 48.5 Å². The molecule has 1 fully saturated rings. The predicted octanol–water partition coefficient (Wildman–Crippen LogP) is 2.75. The number of benzene rings is 2. The summed E-state index contributed by atoms with van der Waals surface area (Å²) in [4.78, 5) is 12.7. The van der Waals surface area contributed by atoms with Crippen LogP contribution in [0.2, 0.25) is 0 Å². The van der Waals surface area contributed by atoms with Crippen molar-refractivity contribution in [3.8, 4) is 5.75 Å². The number of nitrogens with one attached hydrogen (secondary N) is 1. The van der Waals surface area contributed by atoms with Crippen LogP contribution in [0.25, 0.3) is 0 Å². The molecule has 4 rings (SSSR count). The van der Waals surface area contributed by atoms with E-state index in [1.807, 2.05) is 12.1 Å². The number of rotatable bonds is 6. The van der Waals surface area contributed by atoms with E-state index in [0.29, 0.717) is 37.2 Å². The number of hydrogen-bond acceptors (Lipinski definition) is 4. The van der Waals surface area contributed by atoms with Crippen molar-refractivity contribution in [2.24, 2.45) is 0 Å². The molecule has 2 aromatic carbocycles. The molecular formula is C23H29N3O4S. The fraction of sp³-hybridized carbons (Fsp3) is 0.435. The van der Waals surface area contributed by atoms with E-state index >= 15 is 0 Å². The molecule has 1 aliphatic carbocycles. The Bertz CT molecular complexity index is 1030. The van der Waals surface area contributed by atoms with Gasteiger partial charge in [0.1, 0.15) is 11.9 Å². The van der Waals surface area contributed by atoms with Crippen LogP contribution in [-0.2, 0) is 16.6 Å². The molecule has 1 heterocycles. The Balaban J connectivity index is 1.31. The summed E-state index contributed by atoms with van der Waals surface area (Å²) < 4.78 is 33.2. The van der Waals surface area contributed by atoms with Crippen molar-refractivity contribution >= 4 is 16.1 Å². The van der Waals surface area contributed by atoms with Gasteiger partial charge in [0.05, 0.1) is 6.04 Å². The third-order valence-corrected chi connectivity index (χ3v) is 7.99. The zero-order valence-corrected chi connectivity index (χ0v) is 18.8. The molecular weight excluding hydrogens is 414 g/mol. The van der Waals surface area contributed by atoms with Gasteiger partial charge >= 0.3 is 0 Å². The monoisotopic (exact) mass is 443 g/mol. The van der Waals surface area contributed by atoms with Gasteiger partial charge in [-0.25, -0.2) is 0 Å². The number of carbonyl (C=O) groups is 1. The maximum absolute atomic E-state index is 12.7. The van der Waals surface area contributed by atoms with E-state index in [4.69, 9.17) is 4.74 Å². The number of carbonyl (C=O) groups excluding carboxylic acids is 1. The van der Waals surface area contributed by atoms with Crippen LogP contribution in [0.3, 0.4) is 0 Å². The molecule has 1 amide bonds. The second-order valence-electron chi connectivity index (χ2n) is 8.29. The van der Waals surface area contributed by atoms with E-state index in [1.54, 1.807) is 38.4 Å². The first kappa shape index (κ1) is 21.8. The van der Waals surface area contributed by atoms with Gasteiger partial charge in [-0.15, -0.1) is 0 Å². The normalized spacial score (nSPS) is 19.9. The van der Waals surface area contributed by atoms with Crippen LogP contribution in [0.4, 0.5) is 0 Å². The number of nitrogens with zero attached hydrogens (tertiary/aromatic N) is 2. The summed E-state index contributed by atoms with van der Waals surface area (Å²) >= 11 is 0. The van der Waals surface area contributed by atoms with E-state index in [-0.39, 0.29) is 18.1 Å². The van der Waals surface area contributed by atoms with Gasteiger partial charge in [0.2, 0.25) is 0 Å². The highest BCUT2D eigenvalue weighted by Crippen LogP contribution is 2.31. The van der Waals surface area contributed by atoms with Gasteiger partial charge in [-0.1, -0.05) is 24.3 Å². The quantitative estimate of drug-likeness (QED) is 0.745. The number of fused-ring (bicyclic) bond motifs is 1. The molecule has 2 aromatic rings. The Morgan fingerprint density at radius 2 is 1.71 bits per heavy atom. The molecule has 1 saturated heterocycles. The molecule has 0 aromatic heterocycles. The van der Waals surface area contributed by atoms with Crippen LogP contribution in [0.1, 0.15) is 46.8 Å². The second kappa shape index (κ2) is 8.98. The van der Waals surface area contributed by atoms with E-state index < -0.39 is 10.2 Å². The first-order valence-electron chi connectivity index (χ1n) is 10.7. The Morgan fingerprint density at radius 3 is 2.39 bits per heavy atom. The average Bonchev–Trinajstić information content (AvgIpc) is 3.17. The van der Waals surface area contributed by atoms with Crippen molar-refractivity contribution in [1.29, 1.82) is 0 Å². The van der Waals surface area contributed by atoms with E-state index in [0.717, 1.165) is 12.8 Å². The minimum absolute atomic E-state index is 0.0386. The van der Waals surface area contributed by atoms with Crippen molar-refractivity contribution in [1.82, 2.24) is 13.9 Å².